The van der Waals surface area contributed by atoms with Gasteiger partial charge in [-0.05, 0) is 27.7 Å². The zero-order valence-corrected chi connectivity index (χ0v) is 11.8. The van der Waals surface area contributed by atoms with Crippen molar-refractivity contribution >= 4 is 17.7 Å². The predicted molar refractivity (Wildman–Crippen MR) is 67.6 cm³/mol. The number of nitrogens with zero attached hydrogens (tertiary/aromatic N) is 1. The van der Waals surface area contributed by atoms with E-state index >= 15 is 0 Å². The predicted octanol–water partition coefficient (Wildman–Crippen LogP) is 0.762. The number of ketones is 2. The van der Waals surface area contributed by atoms with Crippen molar-refractivity contribution < 1.29 is 24.2 Å². The van der Waals surface area contributed by atoms with Crippen LogP contribution >= 0.6 is 0 Å². The van der Waals surface area contributed by atoms with Gasteiger partial charge in [0.05, 0.1) is 5.92 Å². The molecule has 1 amide bonds. The van der Waals surface area contributed by atoms with Crippen LogP contribution < -0.4 is 0 Å². The van der Waals surface area contributed by atoms with Crippen LogP contribution in [0, 0.1) is 5.92 Å². The van der Waals surface area contributed by atoms with Gasteiger partial charge in [-0.15, -0.1) is 0 Å². The summed E-state index contributed by atoms with van der Waals surface area (Å²) < 4.78 is 5.21. The van der Waals surface area contributed by atoms with E-state index in [0.717, 1.165) is 0 Å². The second-order valence-corrected chi connectivity index (χ2v) is 5.80. The fourth-order valence-corrected chi connectivity index (χ4v) is 1.91. The Hall–Kier alpha value is -1.43. The largest absolute Gasteiger partial charge is 0.444 e. The van der Waals surface area contributed by atoms with Crippen molar-refractivity contribution in [2.24, 2.45) is 5.92 Å². The fourth-order valence-electron chi connectivity index (χ4n) is 1.91. The monoisotopic (exact) mass is 271 g/mol. The smallest absolute Gasteiger partial charge is 0.410 e. The summed E-state index contributed by atoms with van der Waals surface area (Å²) in [6, 6.07) is 0. The van der Waals surface area contributed by atoms with Crippen molar-refractivity contribution in [1.29, 1.82) is 0 Å². The highest BCUT2D eigenvalue weighted by Crippen LogP contribution is 2.20. The second-order valence-electron chi connectivity index (χ2n) is 5.80. The number of amides is 1. The van der Waals surface area contributed by atoms with Gasteiger partial charge in [-0.2, -0.15) is 0 Å². The van der Waals surface area contributed by atoms with Crippen LogP contribution in [0.5, 0.6) is 0 Å². The first kappa shape index (κ1) is 15.6. The van der Waals surface area contributed by atoms with E-state index in [1.54, 1.807) is 20.8 Å². The molecule has 0 aliphatic carbocycles. The maximum Gasteiger partial charge on any atom is 0.410 e. The van der Waals surface area contributed by atoms with E-state index in [-0.39, 0.29) is 25.3 Å². The Labute approximate surface area is 112 Å². The molecule has 1 heterocycles. The van der Waals surface area contributed by atoms with Crippen LogP contribution in [0.4, 0.5) is 4.79 Å². The van der Waals surface area contributed by atoms with E-state index in [4.69, 9.17) is 4.74 Å². The third-order valence-corrected chi connectivity index (χ3v) is 2.91. The molecule has 0 aromatic carbocycles. The Balaban J connectivity index is 2.72. The summed E-state index contributed by atoms with van der Waals surface area (Å²) in [6.45, 7) is 6.76. The first-order chi connectivity index (χ1) is 8.61. The zero-order chi connectivity index (χ0) is 14.8. The molecule has 0 spiro atoms. The minimum atomic E-state index is -1.35. The topological polar surface area (TPSA) is 83.9 Å². The highest BCUT2D eigenvalue weighted by molar-refractivity contribution is 5.91. The Morgan fingerprint density at radius 3 is 2.47 bits per heavy atom. The lowest BCUT2D eigenvalue weighted by Crippen LogP contribution is -2.50. The first-order valence-electron chi connectivity index (χ1n) is 6.31. The van der Waals surface area contributed by atoms with E-state index in [9.17, 15) is 19.5 Å². The molecule has 0 bridgehead atoms. The van der Waals surface area contributed by atoms with Crippen LogP contribution in [-0.4, -0.2) is 52.5 Å². The maximum atomic E-state index is 11.9. The highest BCUT2D eigenvalue weighted by atomic mass is 16.6. The van der Waals surface area contributed by atoms with Crippen molar-refractivity contribution in [3.63, 3.8) is 0 Å². The number of aliphatic hydroxyl groups excluding tert-OH is 1. The average Bonchev–Trinajstić information content (AvgIpc) is 2.26. The Bertz CT molecular complexity index is 385. The van der Waals surface area contributed by atoms with E-state index in [1.807, 2.05) is 0 Å². The molecule has 0 saturated carbocycles. The van der Waals surface area contributed by atoms with Crippen LogP contribution in [0.3, 0.4) is 0 Å². The Morgan fingerprint density at radius 1 is 1.42 bits per heavy atom. The number of carbonyl (C=O) groups excluding carboxylic acids is 3. The van der Waals surface area contributed by atoms with E-state index in [0.29, 0.717) is 0 Å². The summed E-state index contributed by atoms with van der Waals surface area (Å²) in [5.74, 6) is -1.51. The summed E-state index contributed by atoms with van der Waals surface area (Å²) in [5, 5.41) is 9.70. The third kappa shape index (κ3) is 4.31. The van der Waals surface area contributed by atoms with Gasteiger partial charge >= 0.3 is 6.09 Å². The minimum Gasteiger partial charge on any atom is -0.444 e. The van der Waals surface area contributed by atoms with E-state index < -0.39 is 29.5 Å². The van der Waals surface area contributed by atoms with Gasteiger partial charge in [0, 0.05) is 19.5 Å². The number of aliphatic hydroxyl groups is 1. The fraction of sp³-hybridized carbons (Fsp3) is 0.769. The number of piperidine rings is 1. The minimum absolute atomic E-state index is 0.0223. The van der Waals surface area contributed by atoms with Gasteiger partial charge < -0.3 is 14.7 Å². The number of likely N-dealkylation sites (tertiary alicyclic amines) is 1. The van der Waals surface area contributed by atoms with Crippen molar-refractivity contribution in [3.8, 4) is 0 Å². The van der Waals surface area contributed by atoms with Crippen LogP contribution in [0.25, 0.3) is 0 Å². The molecular weight excluding hydrogens is 250 g/mol. The van der Waals surface area contributed by atoms with E-state index in [1.165, 1.54) is 11.8 Å². The molecule has 6 nitrogen and oxygen atoms in total. The quantitative estimate of drug-likeness (QED) is 0.801. The molecule has 1 N–H and O–H groups in total. The standard InChI is InChI=1S/C13H21NO5/c1-8(15)11(17)9-7-14(6-5-10(9)16)12(18)19-13(2,3)4/h9,11,17H,5-7H2,1-4H3/t9-,11+/m1/s1. The Morgan fingerprint density at radius 2 is 2.00 bits per heavy atom. The van der Waals surface area contributed by atoms with Gasteiger partial charge in [0.15, 0.2) is 5.78 Å². The lowest BCUT2D eigenvalue weighted by molar-refractivity contribution is -0.139. The van der Waals surface area contributed by atoms with Crippen molar-refractivity contribution in [2.75, 3.05) is 13.1 Å². The molecule has 1 rings (SSSR count). The SMILES string of the molecule is CC(=O)[C@H](O)[C@@H]1CN(C(=O)OC(C)(C)C)CCC1=O. The van der Waals surface area contributed by atoms with E-state index in [2.05, 4.69) is 0 Å². The molecule has 1 saturated heterocycles. The molecule has 1 aliphatic heterocycles. The third-order valence-electron chi connectivity index (χ3n) is 2.91. The number of hydrogen-bond acceptors (Lipinski definition) is 5. The number of rotatable bonds is 2. The second kappa shape index (κ2) is 5.69. The maximum absolute atomic E-state index is 11.9. The molecule has 0 unspecified atom stereocenters. The van der Waals surface area contributed by atoms with Gasteiger partial charge in [-0.3, -0.25) is 9.59 Å². The normalized spacial score (nSPS) is 22.1. The summed E-state index contributed by atoms with van der Waals surface area (Å²) in [5.41, 5.74) is -0.618. The summed E-state index contributed by atoms with van der Waals surface area (Å²) in [4.78, 5) is 36.1. The van der Waals surface area contributed by atoms with Gasteiger partial charge in [-0.25, -0.2) is 4.79 Å². The van der Waals surface area contributed by atoms with Crippen LogP contribution in [0.1, 0.15) is 34.1 Å². The lowest BCUT2D eigenvalue weighted by Gasteiger charge is -2.34. The first-order valence-corrected chi connectivity index (χ1v) is 6.31. The molecular formula is C13H21NO5. The van der Waals surface area contributed by atoms with Gasteiger partial charge in [0.25, 0.3) is 0 Å². The molecule has 1 fully saturated rings. The van der Waals surface area contributed by atoms with Crippen molar-refractivity contribution in [2.45, 2.75) is 45.8 Å². The molecule has 0 aromatic heterocycles. The molecule has 19 heavy (non-hydrogen) atoms. The van der Waals surface area contributed by atoms with Crippen LogP contribution in [0.15, 0.2) is 0 Å². The zero-order valence-electron chi connectivity index (χ0n) is 11.8. The summed E-state index contributed by atoms with van der Waals surface area (Å²) in [7, 11) is 0. The summed E-state index contributed by atoms with van der Waals surface area (Å²) >= 11 is 0. The summed E-state index contributed by atoms with van der Waals surface area (Å²) in [6.07, 6.45) is -1.74. The lowest BCUT2D eigenvalue weighted by atomic mass is 9.89. The van der Waals surface area contributed by atoms with Crippen molar-refractivity contribution in [3.05, 3.63) is 0 Å². The number of carbonyl (C=O) groups is 3. The average molecular weight is 271 g/mol. The van der Waals surface area contributed by atoms with Crippen LogP contribution in [0.2, 0.25) is 0 Å². The molecule has 1 aliphatic rings. The number of hydrogen-bond donors (Lipinski definition) is 1. The van der Waals surface area contributed by atoms with Gasteiger partial charge in [0.1, 0.15) is 17.5 Å². The Kier molecular flexibility index (Phi) is 4.68. The molecule has 6 heteroatoms. The molecule has 108 valence electrons. The number of Topliss-reactive ketones (excluding diaryl/α,β-unsaturated/α-hetero) is 2. The number of ether oxygens (including phenoxy) is 1. The highest BCUT2D eigenvalue weighted by Gasteiger charge is 2.37. The van der Waals surface area contributed by atoms with Crippen molar-refractivity contribution in [1.82, 2.24) is 4.90 Å². The molecule has 0 aromatic rings. The molecule has 2 atom stereocenters. The van der Waals surface area contributed by atoms with Gasteiger partial charge in [-0.1, -0.05) is 0 Å². The van der Waals surface area contributed by atoms with Gasteiger partial charge in [0.2, 0.25) is 0 Å². The van der Waals surface area contributed by atoms with Crippen LogP contribution in [-0.2, 0) is 14.3 Å². The molecule has 0 radical (unpaired) electrons.